The van der Waals surface area contributed by atoms with E-state index in [1.807, 2.05) is 0 Å². The first-order chi connectivity index (χ1) is 6.74. The summed E-state index contributed by atoms with van der Waals surface area (Å²) < 4.78 is 0. The Bertz CT molecular complexity index is 242. The van der Waals surface area contributed by atoms with Gasteiger partial charge in [0.2, 0.25) is 5.91 Å². The van der Waals surface area contributed by atoms with Crippen molar-refractivity contribution in [1.29, 1.82) is 0 Å². The van der Waals surface area contributed by atoms with Crippen LogP contribution in [0, 0.1) is 0 Å². The van der Waals surface area contributed by atoms with E-state index in [0.717, 1.165) is 0 Å². The second-order valence-electron chi connectivity index (χ2n) is 2.82. The molecule has 3 N–H and O–H groups in total. The van der Waals surface area contributed by atoms with Gasteiger partial charge in [-0.25, -0.2) is 5.48 Å². The third-order valence-electron chi connectivity index (χ3n) is 1.65. The Labute approximate surface area is 81.6 Å². The maximum atomic E-state index is 11.2. The summed E-state index contributed by atoms with van der Waals surface area (Å²) >= 11 is 0. The first-order valence-corrected chi connectivity index (χ1v) is 4.26. The number of carbonyl (C=O) groups is 2. The number of nitrogens with one attached hydrogen (secondary N) is 3. The van der Waals surface area contributed by atoms with Gasteiger partial charge >= 0.3 is 0 Å². The lowest BCUT2D eigenvalue weighted by molar-refractivity contribution is -0.128. The van der Waals surface area contributed by atoms with E-state index in [9.17, 15) is 9.59 Å². The Morgan fingerprint density at radius 2 is 2.57 bits per heavy atom. The van der Waals surface area contributed by atoms with Crippen LogP contribution in [0.1, 0.15) is 0 Å². The monoisotopic (exact) mass is 199 g/mol. The number of hydrogen-bond acceptors (Lipinski definition) is 4. The highest BCUT2D eigenvalue weighted by atomic mass is 16.7. The van der Waals surface area contributed by atoms with Crippen molar-refractivity contribution < 1.29 is 14.4 Å². The summed E-state index contributed by atoms with van der Waals surface area (Å²) in [4.78, 5) is 26.8. The van der Waals surface area contributed by atoms with Gasteiger partial charge in [-0.3, -0.25) is 14.4 Å². The summed E-state index contributed by atoms with van der Waals surface area (Å²) in [7, 11) is 0. The summed E-state index contributed by atoms with van der Waals surface area (Å²) in [6.07, 6.45) is 1.65. The molecule has 0 saturated carbocycles. The third-order valence-corrected chi connectivity index (χ3v) is 1.65. The average molecular weight is 199 g/mol. The quantitative estimate of drug-likeness (QED) is 0.364. The number of rotatable bonds is 5. The van der Waals surface area contributed by atoms with Crippen molar-refractivity contribution in [3.8, 4) is 0 Å². The first-order valence-electron chi connectivity index (χ1n) is 4.26. The average Bonchev–Trinajstić information content (AvgIpc) is 2.52. The molecule has 0 radical (unpaired) electrons. The SMILES string of the molecule is C=CCNCC(=O)N[C@@H]1CONC1=O. The van der Waals surface area contributed by atoms with E-state index in [1.165, 1.54) is 0 Å². The normalized spacial score (nSPS) is 20.3. The third kappa shape index (κ3) is 3.15. The Morgan fingerprint density at radius 3 is 3.14 bits per heavy atom. The van der Waals surface area contributed by atoms with Crippen LogP contribution in [0.25, 0.3) is 0 Å². The van der Waals surface area contributed by atoms with Gasteiger partial charge in [-0.15, -0.1) is 6.58 Å². The highest BCUT2D eigenvalue weighted by Crippen LogP contribution is 1.92. The van der Waals surface area contributed by atoms with Crippen LogP contribution in [0.5, 0.6) is 0 Å². The van der Waals surface area contributed by atoms with E-state index >= 15 is 0 Å². The highest BCUT2D eigenvalue weighted by molar-refractivity contribution is 5.88. The number of hydrogen-bond donors (Lipinski definition) is 3. The molecular weight excluding hydrogens is 186 g/mol. The van der Waals surface area contributed by atoms with Crippen molar-refractivity contribution in [3.05, 3.63) is 12.7 Å². The molecule has 1 aliphatic rings. The van der Waals surface area contributed by atoms with Crippen LogP contribution in [-0.4, -0.2) is 37.6 Å². The lowest BCUT2D eigenvalue weighted by Crippen LogP contribution is -2.45. The van der Waals surface area contributed by atoms with Crippen molar-refractivity contribution in [2.75, 3.05) is 19.7 Å². The van der Waals surface area contributed by atoms with E-state index in [-0.39, 0.29) is 25.0 Å². The molecule has 6 heteroatoms. The second kappa shape index (κ2) is 5.36. The lowest BCUT2D eigenvalue weighted by Gasteiger charge is -2.08. The van der Waals surface area contributed by atoms with Gasteiger partial charge in [-0.05, 0) is 0 Å². The van der Waals surface area contributed by atoms with Crippen LogP contribution in [0.4, 0.5) is 0 Å². The van der Waals surface area contributed by atoms with Crippen LogP contribution in [0.15, 0.2) is 12.7 Å². The molecular formula is C8H13N3O3. The fraction of sp³-hybridized carbons (Fsp3) is 0.500. The molecule has 0 bridgehead atoms. The van der Waals surface area contributed by atoms with Gasteiger partial charge < -0.3 is 10.6 Å². The lowest BCUT2D eigenvalue weighted by atomic mass is 10.3. The standard InChI is InChI=1S/C8H13N3O3/c1-2-3-9-4-7(12)10-6-5-14-11-8(6)13/h2,6,9H,1,3-5H2,(H,10,12)(H,11,13)/t6-/m1/s1. The zero-order chi connectivity index (χ0) is 10.4. The van der Waals surface area contributed by atoms with E-state index < -0.39 is 6.04 Å². The van der Waals surface area contributed by atoms with E-state index in [2.05, 4.69) is 27.5 Å². The number of hydroxylamine groups is 1. The zero-order valence-electron chi connectivity index (χ0n) is 7.71. The topological polar surface area (TPSA) is 79.5 Å². The summed E-state index contributed by atoms with van der Waals surface area (Å²) in [6, 6.07) is -0.576. The number of amides is 2. The maximum Gasteiger partial charge on any atom is 0.268 e. The van der Waals surface area contributed by atoms with Crippen LogP contribution in [-0.2, 0) is 14.4 Å². The van der Waals surface area contributed by atoms with Gasteiger partial charge in [-0.2, -0.15) is 0 Å². The Kier molecular flexibility index (Phi) is 4.09. The van der Waals surface area contributed by atoms with Gasteiger partial charge in [0.1, 0.15) is 12.6 Å². The molecule has 1 rings (SSSR count). The molecule has 0 aromatic heterocycles. The second-order valence-corrected chi connectivity index (χ2v) is 2.82. The molecule has 0 unspecified atom stereocenters. The zero-order valence-corrected chi connectivity index (χ0v) is 7.71. The maximum absolute atomic E-state index is 11.2. The minimum Gasteiger partial charge on any atom is -0.341 e. The van der Waals surface area contributed by atoms with Gasteiger partial charge in [0.05, 0.1) is 6.54 Å². The molecule has 1 aliphatic heterocycles. The number of carbonyl (C=O) groups excluding carboxylic acids is 2. The first kappa shape index (κ1) is 10.7. The largest absolute Gasteiger partial charge is 0.341 e. The predicted molar refractivity (Wildman–Crippen MR) is 49.1 cm³/mol. The molecule has 1 saturated heterocycles. The molecule has 6 nitrogen and oxygen atoms in total. The van der Waals surface area contributed by atoms with Crippen LogP contribution in [0.3, 0.4) is 0 Å². The van der Waals surface area contributed by atoms with Gasteiger partial charge in [0.15, 0.2) is 0 Å². The van der Waals surface area contributed by atoms with E-state index in [0.29, 0.717) is 6.54 Å². The van der Waals surface area contributed by atoms with Crippen molar-refractivity contribution in [1.82, 2.24) is 16.1 Å². The molecule has 1 heterocycles. The molecule has 1 fully saturated rings. The Balaban J connectivity index is 2.19. The van der Waals surface area contributed by atoms with Crippen LogP contribution >= 0.6 is 0 Å². The molecule has 1 atom stereocenters. The fourth-order valence-electron chi connectivity index (χ4n) is 0.983. The van der Waals surface area contributed by atoms with Crippen molar-refractivity contribution in [3.63, 3.8) is 0 Å². The van der Waals surface area contributed by atoms with Crippen molar-refractivity contribution in [2.45, 2.75) is 6.04 Å². The van der Waals surface area contributed by atoms with E-state index in [4.69, 9.17) is 0 Å². The fourth-order valence-corrected chi connectivity index (χ4v) is 0.983. The minimum absolute atomic E-state index is 0.163. The summed E-state index contributed by atoms with van der Waals surface area (Å²) in [5.74, 6) is -0.556. The van der Waals surface area contributed by atoms with Crippen LogP contribution in [0.2, 0.25) is 0 Å². The van der Waals surface area contributed by atoms with Gasteiger partial charge in [0.25, 0.3) is 5.91 Å². The van der Waals surface area contributed by atoms with Gasteiger partial charge in [-0.1, -0.05) is 6.08 Å². The summed E-state index contributed by atoms with van der Waals surface area (Å²) in [5, 5.41) is 5.34. The van der Waals surface area contributed by atoms with Crippen molar-refractivity contribution in [2.24, 2.45) is 0 Å². The predicted octanol–water partition coefficient (Wildman–Crippen LogP) is -1.69. The summed E-state index contributed by atoms with van der Waals surface area (Å²) in [5.41, 5.74) is 2.15. The van der Waals surface area contributed by atoms with E-state index in [1.54, 1.807) is 6.08 Å². The molecule has 78 valence electrons. The summed E-state index contributed by atoms with van der Waals surface area (Å²) in [6.45, 7) is 4.39. The Morgan fingerprint density at radius 1 is 1.79 bits per heavy atom. The van der Waals surface area contributed by atoms with Crippen molar-refractivity contribution >= 4 is 11.8 Å². The molecule has 14 heavy (non-hydrogen) atoms. The molecule has 0 aromatic carbocycles. The molecule has 0 aromatic rings. The molecule has 0 aliphatic carbocycles. The van der Waals surface area contributed by atoms with Gasteiger partial charge in [0, 0.05) is 6.54 Å². The minimum atomic E-state index is -0.576. The Hall–Kier alpha value is -1.40. The smallest absolute Gasteiger partial charge is 0.268 e. The highest BCUT2D eigenvalue weighted by Gasteiger charge is 2.26. The molecule has 0 spiro atoms. The van der Waals surface area contributed by atoms with Crippen LogP contribution < -0.4 is 16.1 Å². The molecule has 2 amide bonds.